The van der Waals surface area contributed by atoms with Gasteiger partial charge in [0.1, 0.15) is 5.82 Å². The number of hydrogen-bond donors (Lipinski definition) is 1. The van der Waals surface area contributed by atoms with Crippen LogP contribution in [-0.4, -0.2) is 41.4 Å². The normalized spacial score (nSPS) is 18.9. The van der Waals surface area contributed by atoms with Crippen molar-refractivity contribution in [1.82, 2.24) is 10.2 Å². The lowest BCUT2D eigenvalue weighted by atomic mass is 10.0. The molecule has 0 spiro atoms. The number of piperidine rings is 1. The third-order valence-corrected chi connectivity index (χ3v) is 4.57. The van der Waals surface area contributed by atoms with Crippen LogP contribution in [0.3, 0.4) is 0 Å². The SMILES string of the molecule is O=C(c1ccc([N+](=O)[O-])cc1F)N1CCC(NCC2CC2)CC1. The molecule has 1 heterocycles. The Morgan fingerprint density at radius 3 is 2.57 bits per heavy atom. The number of benzene rings is 1. The van der Waals surface area contributed by atoms with Crippen LogP contribution in [0, 0.1) is 21.8 Å². The van der Waals surface area contributed by atoms with Crippen LogP contribution in [0.4, 0.5) is 10.1 Å². The largest absolute Gasteiger partial charge is 0.338 e. The van der Waals surface area contributed by atoms with Crippen molar-refractivity contribution in [3.63, 3.8) is 0 Å². The number of nitro groups is 1. The van der Waals surface area contributed by atoms with Crippen LogP contribution in [0.15, 0.2) is 18.2 Å². The highest BCUT2D eigenvalue weighted by molar-refractivity contribution is 5.94. The molecule has 0 aromatic heterocycles. The zero-order chi connectivity index (χ0) is 16.4. The number of rotatable bonds is 5. The number of nitrogens with zero attached hydrogens (tertiary/aromatic N) is 2. The van der Waals surface area contributed by atoms with Crippen LogP contribution in [0.25, 0.3) is 0 Å². The lowest BCUT2D eigenvalue weighted by molar-refractivity contribution is -0.385. The molecule has 0 atom stereocenters. The molecule has 1 N–H and O–H groups in total. The minimum atomic E-state index is -0.835. The fourth-order valence-corrected chi connectivity index (χ4v) is 2.90. The van der Waals surface area contributed by atoms with Gasteiger partial charge in [-0.2, -0.15) is 0 Å². The molecule has 3 rings (SSSR count). The van der Waals surface area contributed by atoms with Gasteiger partial charge in [-0.15, -0.1) is 0 Å². The van der Waals surface area contributed by atoms with Crippen LogP contribution in [-0.2, 0) is 0 Å². The molecule has 1 aromatic carbocycles. The molecule has 1 aromatic rings. The van der Waals surface area contributed by atoms with Crippen molar-refractivity contribution in [3.8, 4) is 0 Å². The van der Waals surface area contributed by atoms with Crippen LogP contribution in [0.1, 0.15) is 36.0 Å². The van der Waals surface area contributed by atoms with E-state index in [2.05, 4.69) is 5.32 Å². The summed E-state index contributed by atoms with van der Waals surface area (Å²) in [6.45, 7) is 2.21. The van der Waals surface area contributed by atoms with E-state index >= 15 is 0 Å². The van der Waals surface area contributed by atoms with Gasteiger partial charge >= 0.3 is 0 Å². The van der Waals surface area contributed by atoms with Gasteiger partial charge in [-0.25, -0.2) is 4.39 Å². The maximum atomic E-state index is 13.9. The maximum absolute atomic E-state index is 13.9. The Morgan fingerprint density at radius 2 is 2.00 bits per heavy atom. The van der Waals surface area contributed by atoms with Gasteiger partial charge in [-0.1, -0.05) is 0 Å². The van der Waals surface area contributed by atoms with Crippen molar-refractivity contribution in [1.29, 1.82) is 0 Å². The minimum absolute atomic E-state index is 0.0972. The maximum Gasteiger partial charge on any atom is 0.272 e. The molecule has 0 radical (unpaired) electrons. The number of nitro benzene ring substituents is 1. The van der Waals surface area contributed by atoms with Gasteiger partial charge in [0.05, 0.1) is 16.6 Å². The van der Waals surface area contributed by atoms with Crippen molar-refractivity contribution in [2.24, 2.45) is 5.92 Å². The summed E-state index contributed by atoms with van der Waals surface area (Å²) in [4.78, 5) is 24.0. The highest BCUT2D eigenvalue weighted by Gasteiger charge is 2.27. The van der Waals surface area contributed by atoms with Gasteiger partial charge in [0, 0.05) is 25.2 Å². The summed E-state index contributed by atoms with van der Waals surface area (Å²) >= 11 is 0. The first kappa shape index (κ1) is 15.9. The Bertz CT molecular complexity index is 611. The molecular weight excluding hydrogens is 301 g/mol. The first-order chi connectivity index (χ1) is 11.0. The summed E-state index contributed by atoms with van der Waals surface area (Å²) in [5, 5.41) is 14.1. The summed E-state index contributed by atoms with van der Waals surface area (Å²) in [7, 11) is 0. The fraction of sp³-hybridized carbons (Fsp3) is 0.562. The number of nitrogens with one attached hydrogen (secondary N) is 1. The van der Waals surface area contributed by atoms with Gasteiger partial charge in [-0.05, 0) is 44.2 Å². The number of non-ortho nitro benzene ring substituents is 1. The van der Waals surface area contributed by atoms with Gasteiger partial charge in [0.25, 0.3) is 11.6 Å². The quantitative estimate of drug-likeness (QED) is 0.667. The molecule has 2 fully saturated rings. The molecule has 1 aliphatic heterocycles. The van der Waals surface area contributed by atoms with Crippen molar-refractivity contribution < 1.29 is 14.1 Å². The van der Waals surface area contributed by atoms with E-state index in [1.165, 1.54) is 25.0 Å². The molecule has 1 amide bonds. The number of likely N-dealkylation sites (tertiary alicyclic amines) is 1. The molecule has 0 unspecified atom stereocenters. The first-order valence-corrected chi connectivity index (χ1v) is 8.01. The van der Waals surface area contributed by atoms with Crippen molar-refractivity contribution in [2.45, 2.75) is 31.7 Å². The Hall–Kier alpha value is -2.02. The molecule has 6 nitrogen and oxygen atoms in total. The molecule has 124 valence electrons. The molecule has 0 bridgehead atoms. The van der Waals surface area contributed by atoms with E-state index < -0.39 is 16.6 Å². The van der Waals surface area contributed by atoms with E-state index in [0.29, 0.717) is 19.1 Å². The third-order valence-electron chi connectivity index (χ3n) is 4.57. The Kier molecular flexibility index (Phi) is 4.56. The molecule has 2 aliphatic rings. The second kappa shape index (κ2) is 6.62. The second-order valence-corrected chi connectivity index (χ2v) is 6.34. The van der Waals surface area contributed by atoms with Crippen molar-refractivity contribution >= 4 is 11.6 Å². The summed E-state index contributed by atoms with van der Waals surface area (Å²) in [5.41, 5.74) is -0.443. The van der Waals surface area contributed by atoms with Crippen molar-refractivity contribution in [3.05, 3.63) is 39.7 Å². The topological polar surface area (TPSA) is 75.5 Å². The zero-order valence-electron chi connectivity index (χ0n) is 12.8. The van der Waals surface area contributed by atoms with E-state index in [1.54, 1.807) is 4.90 Å². The van der Waals surface area contributed by atoms with Crippen molar-refractivity contribution in [2.75, 3.05) is 19.6 Å². The number of amides is 1. The fourth-order valence-electron chi connectivity index (χ4n) is 2.90. The Labute approximate surface area is 133 Å². The molecule has 1 saturated heterocycles. The minimum Gasteiger partial charge on any atom is -0.338 e. The molecule has 23 heavy (non-hydrogen) atoms. The number of hydrogen-bond acceptors (Lipinski definition) is 4. The lowest BCUT2D eigenvalue weighted by Gasteiger charge is -2.32. The van der Waals surface area contributed by atoms with E-state index in [1.807, 2.05) is 0 Å². The predicted octanol–water partition coefficient (Wildman–Crippen LogP) is 2.34. The predicted molar refractivity (Wildman–Crippen MR) is 82.7 cm³/mol. The number of halogens is 1. The molecule has 1 saturated carbocycles. The van der Waals surface area contributed by atoms with Crippen LogP contribution in [0.2, 0.25) is 0 Å². The van der Waals surface area contributed by atoms with Crippen LogP contribution >= 0.6 is 0 Å². The second-order valence-electron chi connectivity index (χ2n) is 6.34. The van der Waals surface area contributed by atoms with E-state index in [-0.39, 0.29) is 11.3 Å². The summed E-state index contributed by atoms with van der Waals surface area (Å²) in [6.07, 6.45) is 4.33. The summed E-state index contributed by atoms with van der Waals surface area (Å²) in [6, 6.07) is 3.59. The standard InChI is InChI=1S/C16H20FN3O3/c17-15-9-13(20(22)23)3-4-14(15)16(21)19-7-5-12(6-8-19)18-10-11-1-2-11/h3-4,9,11-12,18H,1-2,5-8,10H2. The highest BCUT2D eigenvalue weighted by Crippen LogP contribution is 2.28. The highest BCUT2D eigenvalue weighted by atomic mass is 19.1. The van der Waals surface area contributed by atoms with Gasteiger partial charge in [0.15, 0.2) is 0 Å². The molecule has 7 heteroatoms. The Balaban J connectivity index is 1.57. The summed E-state index contributed by atoms with van der Waals surface area (Å²) < 4.78 is 13.9. The smallest absolute Gasteiger partial charge is 0.272 e. The summed E-state index contributed by atoms with van der Waals surface area (Å²) in [5.74, 6) is -0.403. The first-order valence-electron chi connectivity index (χ1n) is 8.01. The monoisotopic (exact) mass is 321 g/mol. The average molecular weight is 321 g/mol. The van der Waals surface area contributed by atoms with E-state index in [4.69, 9.17) is 0 Å². The van der Waals surface area contributed by atoms with Gasteiger partial charge < -0.3 is 10.2 Å². The van der Waals surface area contributed by atoms with Gasteiger partial charge in [-0.3, -0.25) is 14.9 Å². The average Bonchev–Trinajstić information content (AvgIpc) is 3.37. The van der Waals surface area contributed by atoms with Crippen LogP contribution in [0.5, 0.6) is 0 Å². The van der Waals surface area contributed by atoms with Crippen LogP contribution < -0.4 is 5.32 Å². The number of carbonyl (C=O) groups excluding carboxylic acids is 1. The molecule has 1 aliphatic carbocycles. The zero-order valence-corrected chi connectivity index (χ0v) is 12.8. The molecular formula is C16H20FN3O3. The van der Waals surface area contributed by atoms with E-state index in [9.17, 15) is 19.3 Å². The van der Waals surface area contributed by atoms with Gasteiger partial charge in [0.2, 0.25) is 0 Å². The Morgan fingerprint density at radius 1 is 1.30 bits per heavy atom. The third kappa shape index (κ3) is 3.85. The number of carbonyl (C=O) groups is 1. The van der Waals surface area contributed by atoms with E-state index in [0.717, 1.165) is 31.4 Å². The lowest BCUT2D eigenvalue weighted by Crippen LogP contribution is -2.45.